The summed E-state index contributed by atoms with van der Waals surface area (Å²) >= 11 is 0. The Kier molecular flexibility index (Phi) is 5.72. The lowest BCUT2D eigenvalue weighted by molar-refractivity contribution is -0.124. The van der Waals surface area contributed by atoms with Crippen molar-refractivity contribution in [1.29, 1.82) is 0 Å². The van der Waals surface area contributed by atoms with Crippen LogP contribution in [0.25, 0.3) is 11.7 Å². The molecule has 0 spiro atoms. The van der Waals surface area contributed by atoms with Crippen molar-refractivity contribution in [2.75, 3.05) is 16.0 Å². The van der Waals surface area contributed by atoms with Crippen molar-refractivity contribution in [3.8, 4) is 0 Å². The lowest BCUT2D eigenvalue weighted by Gasteiger charge is -2.14. The minimum Gasteiger partial charge on any atom is -0.382 e. The number of carbonyl (C=O) groups is 2. The second kappa shape index (κ2) is 9.34. The van der Waals surface area contributed by atoms with Gasteiger partial charge in [-0.25, -0.2) is 9.50 Å². The van der Waals surface area contributed by atoms with Crippen LogP contribution in [0.5, 0.6) is 0 Å². The molecule has 0 unspecified atom stereocenters. The van der Waals surface area contributed by atoms with Crippen LogP contribution in [-0.4, -0.2) is 42.4 Å². The molecule has 186 valence electrons. The fourth-order valence-corrected chi connectivity index (χ4v) is 4.07. The fourth-order valence-electron chi connectivity index (χ4n) is 4.07. The number of amides is 2. The molecule has 1 aliphatic carbocycles. The van der Waals surface area contributed by atoms with Gasteiger partial charge in [-0.2, -0.15) is 5.10 Å². The molecular weight excluding hydrogens is 470 g/mol. The number of aryl methyl sites for hydroxylation is 1. The Bertz CT molecular complexity index is 1540. The van der Waals surface area contributed by atoms with Gasteiger partial charge in [0, 0.05) is 46.6 Å². The number of aromatic nitrogens is 5. The summed E-state index contributed by atoms with van der Waals surface area (Å²) in [7, 11) is 0. The average molecular weight is 496 g/mol. The predicted octanol–water partition coefficient (Wildman–Crippen LogP) is 3.19. The highest BCUT2D eigenvalue weighted by molar-refractivity contribution is 6.15. The molecule has 11 nitrogen and oxygen atoms in total. The molecule has 2 aliphatic rings. The van der Waals surface area contributed by atoms with Crippen molar-refractivity contribution in [2.45, 2.75) is 38.8 Å². The van der Waals surface area contributed by atoms with Gasteiger partial charge in [0.15, 0.2) is 5.65 Å². The van der Waals surface area contributed by atoms with Crippen LogP contribution in [0.15, 0.2) is 54.6 Å². The Balaban J connectivity index is 1.25. The smallest absolute Gasteiger partial charge is 0.254 e. The first-order valence-corrected chi connectivity index (χ1v) is 12.1. The van der Waals surface area contributed by atoms with Gasteiger partial charge >= 0.3 is 0 Å². The van der Waals surface area contributed by atoms with Crippen molar-refractivity contribution in [1.82, 2.24) is 29.9 Å². The van der Waals surface area contributed by atoms with Crippen LogP contribution >= 0.6 is 0 Å². The van der Waals surface area contributed by atoms with Crippen molar-refractivity contribution in [3.05, 3.63) is 71.6 Å². The highest BCUT2D eigenvalue weighted by Gasteiger charge is 2.24. The highest BCUT2D eigenvalue weighted by Crippen LogP contribution is 2.30. The molecule has 6 rings (SSSR count). The Morgan fingerprint density at radius 1 is 1.08 bits per heavy atom. The maximum atomic E-state index is 12.0. The lowest BCUT2D eigenvalue weighted by atomic mass is 10.1. The van der Waals surface area contributed by atoms with E-state index in [1.807, 2.05) is 19.1 Å². The summed E-state index contributed by atoms with van der Waals surface area (Å²) < 4.78 is 1.63. The highest BCUT2D eigenvalue weighted by atomic mass is 16.2. The van der Waals surface area contributed by atoms with Gasteiger partial charge in [-0.1, -0.05) is 0 Å². The monoisotopic (exact) mass is 495 g/mol. The zero-order chi connectivity index (χ0) is 25.4. The molecule has 3 aromatic heterocycles. The van der Waals surface area contributed by atoms with E-state index in [4.69, 9.17) is 4.98 Å². The molecule has 1 saturated carbocycles. The van der Waals surface area contributed by atoms with Gasteiger partial charge in [0.25, 0.3) is 5.91 Å². The number of imide groups is 1. The van der Waals surface area contributed by atoms with Gasteiger partial charge in [-0.3, -0.25) is 24.9 Å². The number of fused-ring (bicyclic) bond motifs is 1. The second-order valence-corrected chi connectivity index (χ2v) is 9.25. The van der Waals surface area contributed by atoms with Gasteiger partial charge in [-0.15, -0.1) is 0 Å². The van der Waals surface area contributed by atoms with E-state index in [-0.39, 0.29) is 18.2 Å². The van der Waals surface area contributed by atoms with E-state index in [1.165, 1.54) is 12.8 Å². The zero-order valence-corrected chi connectivity index (χ0v) is 20.2. The van der Waals surface area contributed by atoms with E-state index in [9.17, 15) is 9.59 Å². The molecule has 1 aromatic carbocycles. The Morgan fingerprint density at radius 3 is 2.68 bits per heavy atom. The maximum Gasteiger partial charge on any atom is 0.254 e. The molecular formula is C26H25N9O2. The first-order valence-electron chi connectivity index (χ1n) is 12.1. The van der Waals surface area contributed by atoms with E-state index < -0.39 is 0 Å². The van der Waals surface area contributed by atoms with Crippen LogP contribution in [0.3, 0.4) is 0 Å². The summed E-state index contributed by atoms with van der Waals surface area (Å²) in [4.78, 5) is 37.0. The maximum absolute atomic E-state index is 12.0. The minimum atomic E-state index is -0.379. The zero-order valence-electron chi connectivity index (χ0n) is 20.2. The van der Waals surface area contributed by atoms with Crippen LogP contribution in [0.4, 0.5) is 22.9 Å². The molecule has 0 atom stereocenters. The topological polar surface area (TPSA) is 138 Å². The standard InChI is InChI=1S/C26H25N9O2/c1-15-11-28-22(13-27-15)14-29-19-8-20(31-18-2-3-18)10-21(9-19)32-23-4-5-35-25(33-23)17(12-30-35)6-16-7-24(36)34-26(16)37/h4-6,8-13,18,29,31H,2-3,7,14H2,1H3,(H,32,33)(H,34,36,37)/b16-6-. The number of anilines is 4. The first kappa shape index (κ1) is 22.7. The molecule has 2 amide bonds. The van der Waals surface area contributed by atoms with Crippen molar-refractivity contribution < 1.29 is 9.59 Å². The average Bonchev–Trinajstić information content (AvgIpc) is 3.52. The summed E-state index contributed by atoms with van der Waals surface area (Å²) in [5, 5.41) is 17.0. The Hall–Kier alpha value is -4.80. The number of carbonyl (C=O) groups excluding carboxylic acids is 2. The van der Waals surface area contributed by atoms with Gasteiger partial charge in [-0.05, 0) is 50.1 Å². The van der Waals surface area contributed by atoms with Gasteiger partial charge in [0.05, 0.1) is 36.7 Å². The van der Waals surface area contributed by atoms with Crippen LogP contribution in [-0.2, 0) is 16.1 Å². The summed E-state index contributed by atoms with van der Waals surface area (Å²) in [5.41, 5.74) is 6.18. The van der Waals surface area contributed by atoms with Gasteiger partial charge in [0.1, 0.15) is 5.82 Å². The van der Waals surface area contributed by atoms with E-state index in [1.54, 1.807) is 35.4 Å². The number of hydrogen-bond acceptors (Lipinski definition) is 9. The quantitative estimate of drug-likeness (QED) is 0.214. The van der Waals surface area contributed by atoms with Crippen molar-refractivity contribution in [2.24, 2.45) is 0 Å². The molecule has 0 radical (unpaired) electrons. The minimum absolute atomic E-state index is 0.0544. The third-order valence-electron chi connectivity index (χ3n) is 6.08. The van der Waals surface area contributed by atoms with Crippen molar-refractivity contribution >= 4 is 46.4 Å². The van der Waals surface area contributed by atoms with Crippen molar-refractivity contribution in [3.63, 3.8) is 0 Å². The molecule has 11 heteroatoms. The van der Waals surface area contributed by atoms with Crippen LogP contribution in [0, 0.1) is 6.92 Å². The summed E-state index contributed by atoms with van der Waals surface area (Å²) in [6.07, 6.45) is 11.0. The van der Waals surface area contributed by atoms with E-state index >= 15 is 0 Å². The molecule has 37 heavy (non-hydrogen) atoms. The number of rotatable bonds is 8. The van der Waals surface area contributed by atoms with Gasteiger partial charge < -0.3 is 16.0 Å². The SMILES string of the molecule is Cc1cnc(CNc2cc(Nc3ccn4ncc(/C=C5/CC(=O)NC5=O)c4n3)cc(NC3CC3)c2)cn1. The van der Waals surface area contributed by atoms with Gasteiger partial charge in [0.2, 0.25) is 5.91 Å². The summed E-state index contributed by atoms with van der Waals surface area (Å²) in [6, 6.07) is 8.48. The number of nitrogens with one attached hydrogen (secondary N) is 4. The number of benzene rings is 1. The third kappa shape index (κ3) is 5.25. The molecule has 1 aliphatic heterocycles. The second-order valence-electron chi connectivity index (χ2n) is 9.25. The number of nitrogens with zero attached hydrogens (tertiary/aromatic N) is 5. The lowest BCUT2D eigenvalue weighted by Crippen LogP contribution is -2.19. The molecule has 2 fully saturated rings. The first-order chi connectivity index (χ1) is 18.0. The molecule has 0 bridgehead atoms. The normalized spacial score (nSPS) is 16.3. The fraction of sp³-hybridized carbons (Fsp3) is 0.231. The molecule has 4 N–H and O–H groups in total. The Morgan fingerprint density at radius 2 is 1.92 bits per heavy atom. The van der Waals surface area contributed by atoms with E-state index in [0.717, 1.165) is 28.5 Å². The third-order valence-corrected chi connectivity index (χ3v) is 6.08. The van der Waals surface area contributed by atoms with E-state index in [2.05, 4.69) is 48.5 Å². The largest absolute Gasteiger partial charge is 0.382 e. The molecule has 4 aromatic rings. The molecule has 4 heterocycles. The van der Waals surface area contributed by atoms with Crippen LogP contribution in [0.1, 0.15) is 36.2 Å². The Labute approximate surface area is 212 Å². The summed E-state index contributed by atoms with van der Waals surface area (Å²) in [6.45, 7) is 2.46. The number of hydrogen-bond donors (Lipinski definition) is 4. The van der Waals surface area contributed by atoms with E-state index in [0.29, 0.717) is 35.2 Å². The van der Waals surface area contributed by atoms with Crippen LogP contribution in [0.2, 0.25) is 0 Å². The molecule has 1 saturated heterocycles. The predicted molar refractivity (Wildman–Crippen MR) is 139 cm³/mol. The van der Waals surface area contributed by atoms with Crippen LogP contribution < -0.4 is 21.3 Å². The summed E-state index contributed by atoms with van der Waals surface area (Å²) in [5.74, 6) is -0.0599.